The minimum Gasteiger partial charge on any atom is -0.486 e. The lowest BCUT2D eigenvalue weighted by molar-refractivity contribution is 0.170. The van der Waals surface area contributed by atoms with Gasteiger partial charge in [-0.25, -0.2) is 0 Å². The summed E-state index contributed by atoms with van der Waals surface area (Å²) in [6, 6.07) is 4.19. The lowest BCUT2D eigenvalue weighted by Gasteiger charge is -2.20. The third kappa shape index (κ3) is 3.27. The van der Waals surface area contributed by atoms with Crippen molar-refractivity contribution in [3.05, 3.63) is 22.2 Å². The van der Waals surface area contributed by atoms with Gasteiger partial charge < -0.3 is 19.7 Å². The summed E-state index contributed by atoms with van der Waals surface area (Å²) in [5, 5.41) is 3.55. The number of nitrogens with zero attached hydrogens (tertiary/aromatic N) is 1. The van der Waals surface area contributed by atoms with E-state index in [1.54, 1.807) is 0 Å². The highest BCUT2D eigenvalue weighted by atomic mass is 79.9. The van der Waals surface area contributed by atoms with Crippen LogP contribution in [0.15, 0.2) is 16.6 Å². The Morgan fingerprint density at radius 3 is 3.00 bits per heavy atom. The molecular formula is C15H21BrN2O2. The van der Waals surface area contributed by atoms with E-state index in [4.69, 9.17) is 9.47 Å². The molecule has 0 aromatic heterocycles. The molecule has 110 valence electrons. The predicted octanol–water partition coefficient (Wildman–Crippen LogP) is 2.26. The highest BCUT2D eigenvalue weighted by molar-refractivity contribution is 9.10. The molecule has 0 spiro atoms. The second-order valence-electron chi connectivity index (χ2n) is 5.65. The number of hydrogen-bond donors (Lipinski definition) is 1. The van der Waals surface area contributed by atoms with Crippen LogP contribution in [0.5, 0.6) is 11.5 Å². The topological polar surface area (TPSA) is 33.7 Å². The van der Waals surface area contributed by atoms with Crippen molar-refractivity contribution in [2.24, 2.45) is 5.92 Å². The Kier molecular flexibility index (Phi) is 4.48. The van der Waals surface area contributed by atoms with Gasteiger partial charge in [0, 0.05) is 13.1 Å². The lowest BCUT2D eigenvalue weighted by Crippen LogP contribution is -2.25. The molecule has 0 aliphatic carbocycles. The Balaban J connectivity index is 1.56. The number of ether oxygens (including phenoxy) is 2. The number of rotatable bonds is 4. The number of fused-ring (bicyclic) bond motifs is 1. The molecule has 1 fully saturated rings. The summed E-state index contributed by atoms with van der Waals surface area (Å²) in [6.07, 6.45) is 1.30. The Labute approximate surface area is 128 Å². The van der Waals surface area contributed by atoms with Crippen LogP contribution in [-0.4, -0.2) is 44.8 Å². The summed E-state index contributed by atoms with van der Waals surface area (Å²) in [7, 11) is 2.19. The van der Waals surface area contributed by atoms with E-state index in [0.29, 0.717) is 13.2 Å². The zero-order valence-corrected chi connectivity index (χ0v) is 13.4. The van der Waals surface area contributed by atoms with E-state index in [9.17, 15) is 0 Å². The van der Waals surface area contributed by atoms with E-state index in [-0.39, 0.29) is 0 Å². The first-order valence-corrected chi connectivity index (χ1v) is 7.99. The van der Waals surface area contributed by atoms with Crippen molar-refractivity contribution >= 4 is 15.9 Å². The Hall–Kier alpha value is -0.780. The normalized spacial score (nSPS) is 22.2. The van der Waals surface area contributed by atoms with E-state index in [1.807, 2.05) is 0 Å². The van der Waals surface area contributed by atoms with Crippen LogP contribution in [0.1, 0.15) is 12.0 Å². The van der Waals surface area contributed by atoms with Crippen LogP contribution >= 0.6 is 15.9 Å². The summed E-state index contributed by atoms with van der Waals surface area (Å²) >= 11 is 3.56. The number of likely N-dealkylation sites (tertiary alicyclic amines) is 1. The van der Waals surface area contributed by atoms with Crippen molar-refractivity contribution in [3.8, 4) is 11.5 Å². The largest absolute Gasteiger partial charge is 0.486 e. The van der Waals surface area contributed by atoms with Gasteiger partial charge in [0.2, 0.25) is 0 Å². The van der Waals surface area contributed by atoms with Crippen molar-refractivity contribution in [3.63, 3.8) is 0 Å². The highest BCUT2D eigenvalue weighted by Crippen LogP contribution is 2.38. The fourth-order valence-corrected chi connectivity index (χ4v) is 3.48. The second kappa shape index (κ2) is 6.33. The van der Waals surface area contributed by atoms with Crippen LogP contribution in [0.4, 0.5) is 0 Å². The van der Waals surface area contributed by atoms with Gasteiger partial charge in [0.25, 0.3) is 0 Å². The number of benzene rings is 1. The van der Waals surface area contributed by atoms with Gasteiger partial charge in [-0.2, -0.15) is 0 Å². The van der Waals surface area contributed by atoms with E-state index in [1.165, 1.54) is 25.1 Å². The molecule has 1 aromatic carbocycles. The molecule has 5 heteroatoms. The van der Waals surface area contributed by atoms with Crippen molar-refractivity contribution in [2.45, 2.75) is 13.0 Å². The highest BCUT2D eigenvalue weighted by Gasteiger charge is 2.19. The second-order valence-corrected chi connectivity index (χ2v) is 6.50. The van der Waals surface area contributed by atoms with Gasteiger partial charge >= 0.3 is 0 Å². The van der Waals surface area contributed by atoms with Crippen LogP contribution < -0.4 is 14.8 Å². The fraction of sp³-hybridized carbons (Fsp3) is 0.600. The average molecular weight is 341 g/mol. The molecule has 0 amide bonds. The summed E-state index contributed by atoms with van der Waals surface area (Å²) in [5.74, 6) is 2.46. The molecule has 2 aliphatic rings. The van der Waals surface area contributed by atoms with Gasteiger partial charge in [0.1, 0.15) is 13.2 Å². The third-order valence-corrected chi connectivity index (χ3v) is 4.50. The maximum Gasteiger partial charge on any atom is 0.175 e. The molecule has 2 aliphatic heterocycles. The minimum atomic E-state index is 0.623. The van der Waals surface area contributed by atoms with Crippen molar-refractivity contribution in [1.29, 1.82) is 0 Å². The van der Waals surface area contributed by atoms with E-state index >= 15 is 0 Å². The molecule has 0 bridgehead atoms. The van der Waals surface area contributed by atoms with Crippen LogP contribution in [0.25, 0.3) is 0 Å². The molecular weight excluding hydrogens is 320 g/mol. The first-order chi connectivity index (χ1) is 9.72. The van der Waals surface area contributed by atoms with E-state index in [0.717, 1.165) is 35.0 Å². The molecule has 1 saturated heterocycles. The van der Waals surface area contributed by atoms with Gasteiger partial charge in [-0.15, -0.1) is 0 Å². The molecule has 0 radical (unpaired) electrons. The number of halogens is 1. The Morgan fingerprint density at radius 2 is 2.20 bits per heavy atom. The minimum absolute atomic E-state index is 0.623. The van der Waals surface area contributed by atoms with E-state index < -0.39 is 0 Å². The van der Waals surface area contributed by atoms with Gasteiger partial charge in [0.15, 0.2) is 11.5 Å². The third-order valence-electron chi connectivity index (χ3n) is 3.91. The smallest absolute Gasteiger partial charge is 0.175 e. The fourth-order valence-electron chi connectivity index (χ4n) is 2.88. The lowest BCUT2D eigenvalue weighted by atomic mass is 10.1. The molecule has 0 saturated carbocycles. The Bertz CT molecular complexity index is 481. The average Bonchev–Trinajstić information content (AvgIpc) is 2.85. The molecule has 1 aromatic rings. The zero-order chi connectivity index (χ0) is 13.9. The zero-order valence-electron chi connectivity index (χ0n) is 11.8. The number of nitrogens with one attached hydrogen (secondary N) is 1. The SMILES string of the molecule is CN1CCC(CNCc2cc(Br)c3c(c2)OCCO3)C1. The van der Waals surface area contributed by atoms with Gasteiger partial charge in [-0.1, -0.05) is 0 Å². The molecule has 3 rings (SSSR count). The van der Waals surface area contributed by atoms with E-state index in [2.05, 4.69) is 45.3 Å². The maximum atomic E-state index is 5.65. The quantitative estimate of drug-likeness (QED) is 0.911. The molecule has 1 atom stereocenters. The van der Waals surface area contributed by atoms with Crippen LogP contribution in [0.3, 0.4) is 0 Å². The van der Waals surface area contributed by atoms with Crippen LogP contribution in [-0.2, 0) is 6.54 Å². The summed E-state index contributed by atoms with van der Waals surface area (Å²) in [6.45, 7) is 5.63. The molecule has 4 nitrogen and oxygen atoms in total. The van der Waals surface area contributed by atoms with Crippen molar-refractivity contribution in [1.82, 2.24) is 10.2 Å². The summed E-state index contributed by atoms with van der Waals surface area (Å²) < 4.78 is 12.2. The molecule has 1 unspecified atom stereocenters. The molecule has 2 heterocycles. The van der Waals surface area contributed by atoms with Crippen LogP contribution in [0, 0.1) is 5.92 Å². The van der Waals surface area contributed by atoms with Gasteiger partial charge in [0.05, 0.1) is 4.47 Å². The number of hydrogen-bond acceptors (Lipinski definition) is 4. The first-order valence-electron chi connectivity index (χ1n) is 7.19. The van der Waals surface area contributed by atoms with Gasteiger partial charge in [-0.3, -0.25) is 0 Å². The monoisotopic (exact) mass is 340 g/mol. The van der Waals surface area contributed by atoms with Crippen molar-refractivity contribution in [2.75, 3.05) is 39.9 Å². The van der Waals surface area contributed by atoms with Crippen LogP contribution in [0.2, 0.25) is 0 Å². The summed E-state index contributed by atoms with van der Waals surface area (Å²) in [4.78, 5) is 2.40. The summed E-state index contributed by atoms with van der Waals surface area (Å²) in [5.41, 5.74) is 1.23. The molecule has 20 heavy (non-hydrogen) atoms. The predicted molar refractivity (Wildman–Crippen MR) is 82.4 cm³/mol. The maximum absolute atomic E-state index is 5.65. The van der Waals surface area contributed by atoms with Gasteiger partial charge in [-0.05, 0) is 66.1 Å². The van der Waals surface area contributed by atoms with Crippen molar-refractivity contribution < 1.29 is 9.47 Å². The molecule has 1 N–H and O–H groups in total. The first kappa shape index (κ1) is 14.2. The Morgan fingerprint density at radius 1 is 1.35 bits per heavy atom. The standard InChI is InChI=1S/C15H21BrN2O2/c1-18-3-2-11(10-18)8-17-9-12-6-13(16)15-14(7-12)19-4-5-20-15/h6-7,11,17H,2-5,8-10H2,1H3.